The number of nitrogens with zero attached hydrogens (tertiary/aromatic N) is 1. The van der Waals surface area contributed by atoms with E-state index in [0.717, 1.165) is 3.57 Å². The van der Waals surface area contributed by atoms with Crippen molar-refractivity contribution in [2.75, 3.05) is 14.2 Å². The molecule has 4 nitrogen and oxygen atoms in total. The molecule has 0 aliphatic carbocycles. The first-order chi connectivity index (χ1) is 7.99. The Kier molecular flexibility index (Phi) is 4.92. The van der Waals surface area contributed by atoms with E-state index >= 15 is 0 Å². The first-order valence-electron chi connectivity index (χ1n) is 5.08. The van der Waals surface area contributed by atoms with Crippen LogP contribution in [0.4, 0.5) is 0 Å². The van der Waals surface area contributed by atoms with Crippen LogP contribution in [0.5, 0.6) is 0 Å². The highest BCUT2D eigenvalue weighted by atomic mass is 127. The molecule has 5 heteroatoms. The zero-order chi connectivity index (χ0) is 13.0. The van der Waals surface area contributed by atoms with Gasteiger partial charge in [-0.05, 0) is 41.6 Å². The van der Waals surface area contributed by atoms with Crippen LogP contribution in [0, 0.1) is 3.57 Å². The summed E-state index contributed by atoms with van der Waals surface area (Å²) >= 11 is 2.10. The number of likely N-dealkylation sites (N-methyl/N-ethyl adjacent to an activating group) is 1. The maximum atomic E-state index is 12.1. The van der Waals surface area contributed by atoms with Crippen LogP contribution in [-0.2, 0) is 9.53 Å². The van der Waals surface area contributed by atoms with E-state index in [4.69, 9.17) is 0 Å². The Balaban J connectivity index is 2.91. The standard InChI is InChI=1S/C12H14INO3/c1-8(12(16)17-3)14(2)11(15)9-6-4-5-7-10(9)13/h4-8H,1-3H3. The summed E-state index contributed by atoms with van der Waals surface area (Å²) < 4.78 is 5.47. The summed E-state index contributed by atoms with van der Waals surface area (Å²) in [7, 11) is 2.90. The van der Waals surface area contributed by atoms with Gasteiger partial charge in [-0.2, -0.15) is 0 Å². The van der Waals surface area contributed by atoms with Crippen molar-refractivity contribution in [3.63, 3.8) is 0 Å². The second-order valence-corrected chi connectivity index (χ2v) is 4.76. The zero-order valence-electron chi connectivity index (χ0n) is 9.94. The number of halogens is 1. The van der Waals surface area contributed by atoms with Gasteiger partial charge >= 0.3 is 5.97 Å². The maximum Gasteiger partial charge on any atom is 0.328 e. The Labute approximate surface area is 114 Å². The average Bonchev–Trinajstić information content (AvgIpc) is 2.35. The summed E-state index contributed by atoms with van der Waals surface area (Å²) in [5.41, 5.74) is 0.589. The molecule has 0 aromatic heterocycles. The van der Waals surface area contributed by atoms with Crippen molar-refractivity contribution in [2.45, 2.75) is 13.0 Å². The van der Waals surface area contributed by atoms with Gasteiger partial charge in [-0.3, -0.25) is 4.79 Å². The number of ether oxygens (including phenoxy) is 1. The molecule has 1 unspecified atom stereocenters. The molecule has 0 spiro atoms. The molecule has 0 heterocycles. The van der Waals surface area contributed by atoms with Crippen LogP contribution in [0.15, 0.2) is 24.3 Å². The molecular formula is C12H14INO3. The highest BCUT2D eigenvalue weighted by Gasteiger charge is 2.24. The van der Waals surface area contributed by atoms with Crippen LogP contribution in [0.2, 0.25) is 0 Å². The molecule has 1 atom stereocenters. The Morgan fingerprint density at radius 1 is 1.35 bits per heavy atom. The number of carbonyl (C=O) groups excluding carboxylic acids is 2. The lowest BCUT2D eigenvalue weighted by atomic mass is 10.2. The van der Waals surface area contributed by atoms with E-state index in [1.807, 2.05) is 12.1 Å². The Bertz CT molecular complexity index is 434. The molecule has 0 N–H and O–H groups in total. The van der Waals surface area contributed by atoms with Crippen LogP contribution >= 0.6 is 22.6 Å². The number of amides is 1. The molecule has 0 aliphatic heterocycles. The predicted octanol–water partition coefficient (Wildman–Crippen LogP) is 1.92. The minimum Gasteiger partial charge on any atom is -0.467 e. The number of esters is 1. The molecule has 0 saturated carbocycles. The molecule has 0 fully saturated rings. The fourth-order valence-electron chi connectivity index (χ4n) is 1.33. The molecular weight excluding hydrogens is 333 g/mol. The highest BCUT2D eigenvalue weighted by Crippen LogP contribution is 2.14. The van der Waals surface area contributed by atoms with Crippen LogP contribution in [0.1, 0.15) is 17.3 Å². The number of methoxy groups -OCH3 is 1. The largest absolute Gasteiger partial charge is 0.467 e. The molecule has 1 amide bonds. The molecule has 1 aromatic rings. The SMILES string of the molecule is COC(=O)C(C)N(C)C(=O)c1ccccc1I. The summed E-state index contributed by atoms with van der Waals surface area (Å²) in [6.07, 6.45) is 0. The molecule has 17 heavy (non-hydrogen) atoms. The van der Waals surface area contributed by atoms with Gasteiger partial charge in [0.15, 0.2) is 0 Å². The van der Waals surface area contributed by atoms with Gasteiger partial charge < -0.3 is 9.64 Å². The Hall–Kier alpha value is -1.11. The monoisotopic (exact) mass is 347 g/mol. The van der Waals surface area contributed by atoms with Crippen molar-refractivity contribution < 1.29 is 14.3 Å². The summed E-state index contributed by atoms with van der Waals surface area (Å²) in [5.74, 6) is -0.611. The molecule has 0 radical (unpaired) electrons. The topological polar surface area (TPSA) is 46.6 Å². The normalized spacial score (nSPS) is 11.8. The molecule has 92 valence electrons. The molecule has 0 aliphatic rings. The number of carbonyl (C=O) groups is 2. The Morgan fingerprint density at radius 2 is 1.94 bits per heavy atom. The maximum absolute atomic E-state index is 12.1. The summed E-state index contributed by atoms with van der Waals surface area (Å²) in [6.45, 7) is 1.64. The first-order valence-corrected chi connectivity index (χ1v) is 6.16. The lowest BCUT2D eigenvalue weighted by molar-refractivity contribution is -0.144. The van der Waals surface area contributed by atoms with Gasteiger partial charge in [0.25, 0.3) is 5.91 Å². The fourth-order valence-corrected chi connectivity index (χ4v) is 1.95. The molecule has 0 saturated heterocycles. The fraction of sp³-hybridized carbons (Fsp3) is 0.333. The number of benzene rings is 1. The Morgan fingerprint density at radius 3 is 2.47 bits per heavy atom. The third kappa shape index (κ3) is 3.18. The number of hydrogen-bond acceptors (Lipinski definition) is 3. The minimum absolute atomic E-state index is 0.187. The van der Waals surface area contributed by atoms with Crippen molar-refractivity contribution >= 4 is 34.5 Å². The van der Waals surface area contributed by atoms with Crippen molar-refractivity contribution in [1.82, 2.24) is 4.90 Å². The van der Waals surface area contributed by atoms with Crippen molar-refractivity contribution in [3.05, 3.63) is 33.4 Å². The van der Waals surface area contributed by atoms with Gasteiger partial charge in [-0.1, -0.05) is 12.1 Å². The van der Waals surface area contributed by atoms with Gasteiger partial charge in [0.2, 0.25) is 0 Å². The van der Waals surface area contributed by atoms with Gasteiger partial charge in [-0.15, -0.1) is 0 Å². The molecule has 0 bridgehead atoms. The van der Waals surface area contributed by atoms with E-state index in [-0.39, 0.29) is 5.91 Å². The van der Waals surface area contributed by atoms with Crippen molar-refractivity contribution in [2.24, 2.45) is 0 Å². The van der Waals surface area contributed by atoms with Gasteiger partial charge in [-0.25, -0.2) is 4.79 Å². The van der Waals surface area contributed by atoms with E-state index in [1.165, 1.54) is 12.0 Å². The molecule has 1 rings (SSSR count). The first kappa shape index (κ1) is 14.0. The highest BCUT2D eigenvalue weighted by molar-refractivity contribution is 14.1. The van der Waals surface area contributed by atoms with E-state index < -0.39 is 12.0 Å². The number of rotatable bonds is 3. The summed E-state index contributed by atoms with van der Waals surface area (Å²) in [6, 6.07) is 6.66. The van der Waals surface area contributed by atoms with Crippen molar-refractivity contribution in [3.8, 4) is 0 Å². The average molecular weight is 347 g/mol. The number of hydrogen-bond donors (Lipinski definition) is 0. The van der Waals surface area contributed by atoms with E-state index in [1.54, 1.807) is 26.1 Å². The van der Waals surface area contributed by atoms with Crippen LogP contribution in [0.25, 0.3) is 0 Å². The predicted molar refractivity (Wildman–Crippen MR) is 72.7 cm³/mol. The summed E-state index contributed by atoms with van der Waals surface area (Å²) in [4.78, 5) is 24.9. The zero-order valence-corrected chi connectivity index (χ0v) is 12.1. The molecule has 1 aromatic carbocycles. The van der Waals surface area contributed by atoms with Crippen LogP contribution in [-0.4, -0.2) is 37.0 Å². The third-order valence-corrected chi connectivity index (χ3v) is 3.49. The van der Waals surface area contributed by atoms with Crippen molar-refractivity contribution in [1.29, 1.82) is 0 Å². The van der Waals surface area contributed by atoms with E-state index in [2.05, 4.69) is 27.3 Å². The second kappa shape index (κ2) is 6.00. The van der Waals surface area contributed by atoms with E-state index in [0.29, 0.717) is 5.56 Å². The van der Waals surface area contributed by atoms with Crippen LogP contribution < -0.4 is 0 Å². The minimum atomic E-state index is -0.594. The lowest BCUT2D eigenvalue weighted by Gasteiger charge is -2.23. The van der Waals surface area contributed by atoms with E-state index in [9.17, 15) is 9.59 Å². The third-order valence-electron chi connectivity index (χ3n) is 2.55. The summed E-state index contributed by atoms with van der Waals surface area (Å²) in [5, 5.41) is 0. The van der Waals surface area contributed by atoms with Gasteiger partial charge in [0, 0.05) is 10.6 Å². The lowest BCUT2D eigenvalue weighted by Crippen LogP contribution is -2.41. The van der Waals surface area contributed by atoms with Crippen LogP contribution in [0.3, 0.4) is 0 Å². The smallest absolute Gasteiger partial charge is 0.328 e. The second-order valence-electron chi connectivity index (χ2n) is 3.60. The van der Waals surface area contributed by atoms with Gasteiger partial charge in [0.05, 0.1) is 12.7 Å². The quantitative estimate of drug-likeness (QED) is 0.620. The van der Waals surface area contributed by atoms with Gasteiger partial charge in [0.1, 0.15) is 6.04 Å².